The predicted molar refractivity (Wildman–Crippen MR) is 76.1 cm³/mol. The van der Waals surface area contributed by atoms with E-state index in [4.69, 9.17) is 0 Å². The highest BCUT2D eigenvalue weighted by atomic mass is 14.3. The van der Waals surface area contributed by atoms with Crippen molar-refractivity contribution in [1.82, 2.24) is 0 Å². The second-order valence-corrected chi connectivity index (χ2v) is 7.19. The van der Waals surface area contributed by atoms with Gasteiger partial charge in [-0.15, -0.1) is 0 Å². The molecular weight excluding hydrogens is 204 g/mol. The van der Waals surface area contributed by atoms with E-state index in [2.05, 4.69) is 13.8 Å². The van der Waals surface area contributed by atoms with E-state index in [1.54, 1.807) is 6.42 Å². The molecule has 0 N–H and O–H groups in total. The Morgan fingerprint density at radius 2 is 1.06 bits per heavy atom. The van der Waals surface area contributed by atoms with Crippen LogP contribution in [0.1, 0.15) is 84.5 Å². The first-order valence-corrected chi connectivity index (χ1v) is 8.24. The van der Waals surface area contributed by atoms with Gasteiger partial charge in [-0.3, -0.25) is 0 Å². The third-order valence-corrected chi connectivity index (χ3v) is 5.42. The van der Waals surface area contributed by atoms with Crippen molar-refractivity contribution in [1.29, 1.82) is 0 Å². The van der Waals surface area contributed by atoms with Crippen LogP contribution in [0.2, 0.25) is 0 Å². The van der Waals surface area contributed by atoms with Gasteiger partial charge in [0.05, 0.1) is 0 Å². The van der Waals surface area contributed by atoms with Crippen molar-refractivity contribution in [3.8, 4) is 0 Å². The molecule has 4 atom stereocenters. The Labute approximate surface area is 109 Å². The van der Waals surface area contributed by atoms with Crippen LogP contribution >= 0.6 is 0 Å². The van der Waals surface area contributed by atoms with Gasteiger partial charge in [-0.2, -0.15) is 0 Å². The number of rotatable bonds is 2. The van der Waals surface area contributed by atoms with Crippen LogP contribution in [-0.2, 0) is 0 Å². The molecule has 2 fully saturated rings. The lowest BCUT2D eigenvalue weighted by atomic mass is 9.85. The monoisotopic (exact) mass is 236 g/mol. The fraction of sp³-hybridized carbons (Fsp3) is 1.00. The molecule has 0 spiro atoms. The highest BCUT2D eigenvalue weighted by Gasteiger charge is 2.22. The lowest BCUT2D eigenvalue weighted by Gasteiger charge is -2.21. The first kappa shape index (κ1) is 13.4. The van der Waals surface area contributed by atoms with Gasteiger partial charge >= 0.3 is 0 Å². The van der Waals surface area contributed by atoms with Crippen LogP contribution in [-0.4, -0.2) is 0 Å². The smallest absolute Gasteiger partial charge is 0.0412 e. The average molecular weight is 236 g/mol. The maximum absolute atomic E-state index is 2.45. The molecule has 0 aromatic heterocycles. The highest BCUT2D eigenvalue weighted by molar-refractivity contribution is 4.74. The molecule has 0 heteroatoms. The van der Waals surface area contributed by atoms with E-state index in [1.165, 1.54) is 64.2 Å². The van der Waals surface area contributed by atoms with Gasteiger partial charge < -0.3 is 0 Å². The molecule has 2 saturated carbocycles. The molecule has 100 valence electrons. The Bertz CT molecular complexity index is 186. The van der Waals surface area contributed by atoms with Crippen molar-refractivity contribution in [2.75, 3.05) is 0 Å². The summed E-state index contributed by atoms with van der Waals surface area (Å²) in [5, 5.41) is 0. The number of hydrogen-bond acceptors (Lipinski definition) is 0. The predicted octanol–water partition coefficient (Wildman–Crippen LogP) is 5.81. The maximum Gasteiger partial charge on any atom is -0.0412 e. The van der Waals surface area contributed by atoms with E-state index in [9.17, 15) is 0 Å². The number of hydrogen-bond donors (Lipinski definition) is 0. The SMILES string of the molecule is CC1CCCC(CC2CCCC(C)CC2)CC1. The quantitative estimate of drug-likeness (QED) is 0.531. The largest absolute Gasteiger partial charge is 0.0625 e. The third-order valence-electron chi connectivity index (χ3n) is 5.42. The summed E-state index contributed by atoms with van der Waals surface area (Å²) in [7, 11) is 0. The Hall–Kier alpha value is 0. The van der Waals surface area contributed by atoms with E-state index in [0.717, 1.165) is 23.7 Å². The summed E-state index contributed by atoms with van der Waals surface area (Å²) < 4.78 is 0. The van der Waals surface area contributed by atoms with Crippen LogP contribution < -0.4 is 0 Å². The van der Waals surface area contributed by atoms with E-state index >= 15 is 0 Å². The fourth-order valence-electron chi connectivity index (χ4n) is 4.07. The van der Waals surface area contributed by atoms with E-state index in [0.29, 0.717) is 0 Å². The molecule has 0 amide bonds. The van der Waals surface area contributed by atoms with Crippen LogP contribution in [0.5, 0.6) is 0 Å². The van der Waals surface area contributed by atoms with Gasteiger partial charge in [-0.05, 0) is 30.1 Å². The highest BCUT2D eigenvalue weighted by Crippen LogP contribution is 2.36. The molecule has 0 saturated heterocycles. The topological polar surface area (TPSA) is 0 Å². The zero-order valence-corrected chi connectivity index (χ0v) is 12.1. The van der Waals surface area contributed by atoms with Gasteiger partial charge in [-0.1, -0.05) is 78.1 Å². The Morgan fingerprint density at radius 3 is 1.53 bits per heavy atom. The Kier molecular flexibility index (Phi) is 5.38. The third kappa shape index (κ3) is 4.64. The van der Waals surface area contributed by atoms with Crippen molar-refractivity contribution in [2.24, 2.45) is 23.7 Å². The van der Waals surface area contributed by atoms with Gasteiger partial charge in [0.15, 0.2) is 0 Å². The van der Waals surface area contributed by atoms with Crippen LogP contribution in [0.25, 0.3) is 0 Å². The fourth-order valence-corrected chi connectivity index (χ4v) is 4.07. The molecule has 0 radical (unpaired) electrons. The van der Waals surface area contributed by atoms with Crippen molar-refractivity contribution in [3.63, 3.8) is 0 Å². The van der Waals surface area contributed by atoms with Crippen LogP contribution in [0.4, 0.5) is 0 Å². The summed E-state index contributed by atoms with van der Waals surface area (Å²) in [5.41, 5.74) is 0. The van der Waals surface area contributed by atoms with Gasteiger partial charge in [0.25, 0.3) is 0 Å². The van der Waals surface area contributed by atoms with Crippen molar-refractivity contribution in [2.45, 2.75) is 84.5 Å². The molecule has 2 aliphatic carbocycles. The molecule has 0 aromatic rings. The molecule has 17 heavy (non-hydrogen) atoms. The maximum atomic E-state index is 2.45. The molecule has 0 heterocycles. The summed E-state index contributed by atoms with van der Waals surface area (Å²) in [6.45, 7) is 4.91. The Balaban J connectivity index is 1.75. The second-order valence-electron chi connectivity index (χ2n) is 7.19. The lowest BCUT2D eigenvalue weighted by molar-refractivity contribution is 0.309. The van der Waals surface area contributed by atoms with Gasteiger partial charge in [-0.25, -0.2) is 0 Å². The van der Waals surface area contributed by atoms with Crippen LogP contribution in [0.3, 0.4) is 0 Å². The summed E-state index contributed by atoms with van der Waals surface area (Å²) in [6.07, 6.45) is 16.7. The van der Waals surface area contributed by atoms with Gasteiger partial charge in [0.1, 0.15) is 0 Å². The first-order valence-electron chi connectivity index (χ1n) is 8.24. The summed E-state index contributed by atoms with van der Waals surface area (Å²) in [5.74, 6) is 4.18. The Morgan fingerprint density at radius 1 is 0.588 bits per heavy atom. The standard InChI is InChI=1S/C17H32/c1-14-5-3-7-16(11-9-14)13-17-8-4-6-15(2)10-12-17/h14-17H,3-13H2,1-2H3. The van der Waals surface area contributed by atoms with Crippen molar-refractivity contribution >= 4 is 0 Å². The lowest BCUT2D eigenvalue weighted by Crippen LogP contribution is -2.08. The van der Waals surface area contributed by atoms with Crippen LogP contribution in [0, 0.1) is 23.7 Å². The minimum atomic E-state index is 1.01. The zero-order chi connectivity index (χ0) is 12.1. The minimum Gasteiger partial charge on any atom is -0.0625 e. The summed E-state index contributed by atoms with van der Waals surface area (Å²) >= 11 is 0. The molecular formula is C17H32. The van der Waals surface area contributed by atoms with Crippen molar-refractivity contribution in [3.05, 3.63) is 0 Å². The molecule has 0 bridgehead atoms. The molecule has 0 aromatic carbocycles. The van der Waals surface area contributed by atoms with Gasteiger partial charge in [0.2, 0.25) is 0 Å². The molecule has 4 unspecified atom stereocenters. The zero-order valence-electron chi connectivity index (χ0n) is 12.1. The van der Waals surface area contributed by atoms with Crippen LogP contribution in [0.15, 0.2) is 0 Å². The summed E-state index contributed by atoms with van der Waals surface area (Å²) in [4.78, 5) is 0. The normalized spacial score (nSPS) is 40.6. The van der Waals surface area contributed by atoms with E-state index in [-0.39, 0.29) is 0 Å². The summed E-state index contributed by atoms with van der Waals surface area (Å²) in [6, 6.07) is 0. The van der Waals surface area contributed by atoms with Gasteiger partial charge in [0, 0.05) is 0 Å². The molecule has 0 aliphatic heterocycles. The molecule has 2 aliphatic rings. The second kappa shape index (κ2) is 6.81. The van der Waals surface area contributed by atoms with E-state index in [1.807, 2.05) is 0 Å². The molecule has 0 nitrogen and oxygen atoms in total. The van der Waals surface area contributed by atoms with E-state index < -0.39 is 0 Å². The molecule has 2 rings (SSSR count). The first-order chi connectivity index (χ1) is 8.24. The minimum absolute atomic E-state index is 1.01. The average Bonchev–Trinajstić information content (AvgIpc) is 2.62. The van der Waals surface area contributed by atoms with Crippen molar-refractivity contribution < 1.29 is 0 Å².